The highest BCUT2D eigenvalue weighted by molar-refractivity contribution is 6.16. The average Bonchev–Trinajstić information content (AvgIpc) is 3.37. The maximum atomic E-state index is 13.8. The third kappa shape index (κ3) is 4.67. The van der Waals surface area contributed by atoms with Crippen molar-refractivity contribution in [2.45, 2.75) is 63.5 Å². The number of anilines is 4. The minimum Gasteiger partial charge on any atom is -0.374 e. The van der Waals surface area contributed by atoms with Crippen LogP contribution in [0.15, 0.2) is 24.4 Å². The highest BCUT2D eigenvalue weighted by Gasteiger charge is 2.40. The van der Waals surface area contributed by atoms with Crippen molar-refractivity contribution < 1.29 is 18.3 Å². The first-order valence-electron chi connectivity index (χ1n) is 11.6. The molecule has 2 heterocycles. The molecule has 0 radical (unpaired) electrons. The van der Waals surface area contributed by atoms with E-state index >= 15 is 0 Å². The first-order chi connectivity index (χ1) is 16.7. The van der Waals surface area contributed by atoms with Gasteiger partial charge in [0.05, 0.1) is 29.8 Å². The lowest BCUT2D eigenvalue weighted by Gasteiger charge is -2.44. The van der Waals surface area contributed by atoms with Gasteiger partial charge in [0.25, 0.3) is 0 Å². The predicted octanol–water partition coefficient (Wildman–Crippen LogP) is 4.38. The number of fused-ring (bicyclic) bond motifs is 1. The van der Waals surface area contributed by atoms with E-state index in [1.165, 1.54) is 30.3 Å². The fourth-order valence-corrected chi connectivity index (χ4v) is 4.86. The Balaban J connectivity index is 1.77. The Kier molecular flexibility index (Phi) is 6.95. The normalized spacial score (nSPS) is 19.6. The van der Waals surface area contributed by atoms with Crippen LogP contribution in [0.5, 0.6) is 0 Å². The highest BCUT2D eigenvalue weighted by Crippen LogP contribution is 2.41. The van der Waals surface area contributed by atoms with Gasteiger partial charge in [-0.05, 0) is 44.0 Å². The van der Waals surface area contributed by atoms with Crippen LogP contribution in [0.3, 0.4) is 0 Å². The van der Waals surface area contributed by atoms with E-state index in [0.717, 1.165) is 38.1 Å². The van der Waals surface area contributed by atoms with Gasteiger partial charge in [-0.25, -0.2) is 4.98 Å². The van der Waals surface area contributed by atoms with E-state index in [-0.39, 0.29) is 35.1 Å². The van der Waals surface area contributed by atoms with Crippen molar-refractivity contribution in [3.63, 3.8) is 0 Å². The lowest BCUT2D eigenvalue weighted by molar-refractivity contribution is -0.137. The first-order valence-corrected chi connectivity index (χ1v) is 11.6. The Morgan fingerprint density at radius 2 is 2.00 bits per heavy atom. The predicted molar refractivity (Wildman–Crippen MR) is 129 cm³/mol. The van der Waals surface area contributed by atoms with Crippen LogP contribution in [0, 0.1) is 10.8 Å². The molecule has 2 aromatic rings. The number of benzene rings is 1. The van der Waals surface area contributed by atoms with Gasteiger partial charge in [0, 0.05) is 6.04 Å². The fourth-order valence-electron chi connectivity index (χ4n) is 4.86. The number of halogens is 3. The lowest BCUT2D eigenvalue weighted by Crippen LogP contribution is -2.56. The van der Waals surface area contributed by atoms with Crippen LogP contribution < -0.4 is 20.4 Å². The van der Waals surface area contributed by atoms with E-state index in [2.05, 4.69) is 25.5 Å². The van der Waals surface area contributed by atoms with Crippen LogP contribution in [-0.2, 0) is 6.18 Å². The van der Waals surface area contributed by atoms with Gasteiger partial charge in [0.15, 0.2) is 5.82 Å². The van der Waals surface area contributed by atoms with Crippen LogP contribution in [0.1, 0.15) is 56.4 Å². The number of hydrogen-bond donors (Lipinski definition) is 5. The molecule has 5 N–H and O–H groups in total. The lowest BCUT2D eigenvalue weighted by atomic mass is 10.0. The first kappa shape index (κ1) is 24.9. The summed E-state index contributed by atoms with van der Waals surface area (Å²) in [6.45, 7) is 1.96. The summed E-state index contributed by atoms with van der Waals surface area (Å²) in [5, 5.41) is 31.6. The quantitative estimate of drug-likeness (QED) is 0.222. The zero-order valence-corrected chi connectivity index (χ0v) is 19.5. The molecular weight excluding hydrogens is 461 g/mol. The average molecular weight is 491 g/mol. The SMILES string of the molecule is CC[C@@H]1C(=N)N(C=N)c2cnc(Nc3ccc(C(O)NC)cc3C(F)(F)F)nc2N1C1CCCC1. The van der Waals surface area contributed by atoms with Crippen molar-refractivity contribution in [2.75, 3.05) is 22.2 Å². The smallest absolute Gasteiger partial charge is 0.374 e. The van der Waals surface area contributed by atoms with E-state index < -0.39 is 18.0 Å². The number of alkyl halides is 3. The van der Waals surface area contributed by atoms with Gasteiger partial charge in [-0.15, -0.1) is 0 Å². The Bertz CT molecular complexity index is 1100. The molecule has 12 heteroatoms. The largest absolute Gasteiger partial charge is 0.418 e. The van der Waals surface area contributed by atoms with E-state index in [1.807, 2.05) is 6.92 Å². The molecule has 0 saturated heterocycles. The number of aromatic nitrogens is 2. The van der Waals surface area contributed by atoms with Crippen LogP contribution in [-0.4, -0.2) is 46.4 Å². The molecule has 35 heavy (non-hydrogen) atoms. The zero-order chi connectivity index (χ0) is 25.3. The summed E-state index contributed by atoms with van der Waals surface area (Å²) < 4.78 is 41.5. The summed E-state index contributed by atoms with van der Waals surface area (Å²) in [4.78, 5) is 12.3. The van der Waals surface area contributed by atoms with Crippen molar-refractivity contribution >= 4 is 35.3 Å². The maximum absolute atomic E-state index is 13.8. The number of aliphatic hydroxyl groups is 1. The third-order valence-electron chi connectivity index (χ3n) is 6.58. The van der Waals surface area contributed by atoms with Gasteiger partial charge < -0.3 is 15.3 Å². The van der Waals surface area contributed by atoms with Gasteiger partial charge in [-0.2, -0.15) is 18.2 Å². The van der Waals surface area contributed by atoms with Crippen molar-refractivity contribution in [2.24, 2.45) is 0 Å². The molecule has 0 bridgehead atoms. The second kappa shape index (κ2) is 9.78. The van der Waals surface area contributed by atoms with Gasteiger partial charge in [-0.3, -0.25) is 21.0 Å². The molecule has 1 fully saturated rings. The fraction of sp³-hybridized carbons (Fsp3) is 0.478. The molecule has 1 aliphatic heterocycles. The van der Waals surface area contributed by atoms with Crippen LogP contribution in [0.2, 0.25) is 0 Å². The zero-order valence-electron chi connectivity index (χ0n) is 19.5. The second-order valence-electron chi connectivity index (χ2n) is 8.68. The number of rotatable bonds is 7. The summed E-state index contributed by atoms with van der Waals surface area (Å²) in [6, 6.07) is 3.38. The van der Waals surface area contributed by atoms with Crippen molar-refractivity contribution in [1.82, 2.24) is 15.3 Å². The highest BCUT2D eigenvalue weighted by atomic mass is 19.4. The molecule has 1 saturated carbocycles. The summed E-state index contributed by atoms with van der Waals surface area (Å²) in [5.41, 5.74) is -0.658. The Hall–Kier alpha value is -3.25. The summed E-state index contributed by atoms with van der Waals surface area (Å²) in [7, 11) is 1.45. The molecule has 0 spiro atoms. The monoisotopic (exact) mass is 490 g/mol. The molecule has 1 aromatic carbocycles. The van der Waals surface area contributed by atoms with Gasteiger partial charge in [0.1, 0.15) is 17.8 Å². The van der Waals surface area contributed by atoms with E-state index in [9.17, 15) is 18.3 Å². The Morgan fingerprint density at radius 1 is 1.29 bits per heavy atom. The van der Waals surface area contributed by atoms with Gasteiger partial charge >= 0.3 is 6.18 Å². The van der Waals surface area contributed by atoms with Gasteiger partial charge in [-0.1, -0.05) is 25.8 Å². The number of aliphatic hydroxyl groups excluding tert-OH is 1. The van der Waals surface area contributed by atoms with E-state index in [0.29, 0.717) is 17.9 Å². The molecule has 9 nitrogen and oxygen atoms in total. The summed E-state index contributed by atoms with van der Waals surface area (Å²) >= 11 is 0. The van der Waals surface area contributed by atoms with E-state index in [4.69, 9.17) is 10.8 Å². The van der Waals surface area contributed by atoms with Crippen molar-refractivity contribution in [3.8, 4) is 0 Å². The molecule has 1 aliphatic carbocycles. The molecule has 0 amide bonds. The molecule has 1 unspecified atom stereocenters. The number of nitrogens with one attached hydrogen (secondary N) is 4. The standard InChI is InChI=1S/C23H29F3N8O/c1-3-17-19(28)33(12-27)18-11-30-22(32-20(18)34(17)14-6-4-5-7-14)31-16-9-8-13(21(35)29-2)10-15(16)23(24,25)26/h8-12,14,17,21,27-29,35H,3-7H2,1-2H3,(H,30,31,32)/t17-,21?/m1/s1. The number of hydrogen-bond acceptors (Lipinski definition) is 8. The molecule has 2 atom stereocenters. The minimum absolute atomic E-state index is 0.0209. The Morgan fingerprint density at radius 3 is 2.60 bits per heavy atom. The second-order valence-corrected chi connectivity index (χ2v) is 8.68. The number of nitrogens with zero attached hydrogens (tertiary/aromatic N) is 4. The third-order valence-corrected chi connectivity index (χ3v) is 6.58. The topological polar surface area (TPSA) is 124 Å². The summed E-state index contributed by atoms with van der Waals surface area (Å²) in [6.07, 6.45) is 1.19. The van der Waals surface area contributed by atoms with Crippen molar-refractivity contribution in [3.05, 3.63) is 35.5 Å². The van der Waals surface area contributed by atoms with Crippen LogP contribution >= 0.6 is 0 Å². The molecule has 2 aliphatic rings. The minimum atomic E-state index is -4.67. The molecule has 188 valence electrons. The summed E-state index contributed by atoms with van der Waals surface area (Å²) in [5.74, 6) is 0.730. The maximum Gasteiger partial charge on any atom is 0.418 e. The molecule has 4 rings (SSSR count). The van der Waals surface area contributed by atoms with Crippen molar-refractivity contribution in [1.29, 1.82) is 10.8 Å². The van der Waals surface area contributed by atoms with Crippen LogP contribution in [0.25, 0.3) is 0 Å². The molecular formula is C23H29F3N8O. The van der Waals surface area contributed by atoms with Gasteiger partial charge in [0.2, 0.25) is 5.95 Å². The molecule has 1 aromatic heterocycles. The Labute approximate surface area is 201 Å². The van der Waals surface area contributed by atoms with Crippen LogP contribution in [0.4, 0.5) is 36.3 Å². The number of amidine groups is 1. The van der Waals surface area contributed by atoms with E-state index in [1.54, 1.807) is 0 Å².